The summed E-state index contributed by atoms with van der Waals surface area (Å²) < 4.78 is 62.8. The Morgan fingerprint density at radius 3 is 2.60 bits per heavy atom. The molecule has 0 saturated carbocycles. The number of aromatic nitrogens is 3. The predicted octanol–water partition coefficient (Wildman–Crippen LogP) is 1.63. The van der Waals surface area contributed by atoms with E-state index >= 15 is 0 Å². The predicted molar refractivity (Wildman–Crippen MR) is 60.3 cm³/mol. The molecule has 1 unspecified atom stereocenters. The zero-order valence-corrected chi connectivity index (χ0v) is 10.4. The summed E-state index contributed by atoms with van der Waals surface area (Å²) >= 11 is 0. The number of nitrogens with zero attached hydrogens (tertiary/aromatic N) is 3. The van der Waals surface area contributed by atoms with Gasteiger partial charge in [-0.25, -0.2) is 0 Å². The molecule has 1 aliphatic heterocycles. The van der Waals surface area contributed by atoms with Crippen LogP contribution < -0.4 is 10.6 Å². The van der Waals surface area contributed by atoms with E-state index in [1.54, 1.807) is 10.00 Å². The number of anilines is 1. The van der Waals surface area contributed by atoms with Crippen molar-refractivity contribution in [1.82, 2.24) is 15.2 Å². The van der Waals surface area contributed by atoms with E-state index in [1.165, 1.54) is 0 Å². The van der Waals surface area contributed by atoms with Crippen molar-refractivity contribution < 1.29 is 22.0 Å². The lowest BCUT2D eigenvalue weighted by Gasteiger charge is -2.31. The largest absolute Gasteiger partial charge is 0.461 e. The molecule has 1 saturated heterocycles. The maximum absolute atomic E-state index is 13.1. The van der Waals surface area contributed by atoms with Crippen LogP contribution in [0.1, 0.15) is 18.7 Å². The Morgan fingerprint density at radius 1 is 1.30 bits per heavy atom. The van der Waals surface area contributed by atoms with E-state index in [1.807, 2.05) is 0 Å². The average molecular weight is 299 g/mol. The summed E-state index contributed by atoms with van der Waals surface area (Å²) in [5.41, 5.74) is 5.53. The molecule has 0 amide bonds. The minimum absolute atomic E-state index is 0.151. The Morgan fingerprint density at radius 2 is 2.00 bits per heavy atom. The molecule has 1 aliphatic rings. The van der Waals surface area contributed by atoms with E-state index in [-0.39, 0.29) is 11.9 Å². The van der Waals surface area contributed by atoms with E-state index in [4.69, 9.17) is 5.73 Å². The second-order valence-electron chi connectivity index (χ2n) is 4.75. The number of piperidine rings is 1. The molecule has 2 heterocycles. The number of rotatable bonds is 3. The van der Waals surface area contributed by atoms with E-state index < -0.39 is 17.9 Å². The summed E-state index contributed by atoms with van der Waals surface area (Å²) in [6.07, 6.45) is -4.05. The fourth-order valence-corrected chi connectivity index (χ4v) is 2.11. The summed E-state index contributed by atoms with van der Waals surface area (Å²) in [6, 6.07) is 0. The van der Waals surface area contributed by atoms with Gasteiger partial charge in [-0.1, -0.05) is 0 Å². The molecule has 1 fully saturated rings. The molecule has 1 aromatic rings. The van der Waals surface area contributed by atoms with Crippen molar-refractivity contribution in [3.63, 3.8) is 0 Å². The third kappa shape index (κ3) is 2.69. The average Bonchev–Trinajstić information content (AvgIpc) is 2.87. The summed E-state index contributed by atoms with van der Waals surface area (Å²) in [4.78, 5) is 4.85. The molecule has 0 bridgehead atoms. The standard InChI is InChI=1S/C10H14F5N5/c11-9(12,10(13,14)15)7-17-8(19-18-7)20-3-1-2-6(4-16)5-20/h6H,1-5,16H2,(H,17,18,19). The van der Waals surface area contributed by atoms with Gasteiger partial charge in [-0.05, 0) is 25.3 Å². The lowest BCUT2D eigenvalue weighted by molar-refractivity contribution is -0.292. The van der Waals surface area contributed by atoms with Gasteiger partial charge in [0.15, 0.2) is 0 Å². The summed E-state index contributed by atoms with van der Waals surface area (Å²) in [7, 11) is 0. The van der Waals surface area contributed by atoms with Gasteiger partial charge in [0.25, 0.3) is 0 Å². The first-order valence-electron chi connectivity index (χ1n) is 6.08. The molecule has 5 nitrogen and oxygen atoms in total. The van der Waals surface area contributed by atoms with Crippen molar-refractivity contribution in [2.24, 2.45) is 11.7 Å². The van der Waals surface area contributed by atoms with Gasteiger partial charge in [0.2, 0.25) is 11.8 Å². The maximum atomic E-state index is 13.1. The minimum Gasteiger partial charge on any atom is -0.339 e. The van der Waals surface area contributed by atoms with E-state index in [0.717, 1.165) is 12.8 Å². The first kappa shape index (κ1) is 14.9. The Labute approximate surface area is 111 Å². The molecular weight excluding hydrogens is 285 g/mol. The molecule has 0 radical (unpaired) electrons. The smallest absolute Gasteiger partial charge is 0.339 e. The van der Waals surface area contributed by atoms with Crippen LogP contribution in [0.2, 0.25) is 0 Å². The second kappa shape index (κ2) is 5.15. The lowest BCUT2D eigenvalue weighted by Crippen LogP contribution is -2.39. The molecule has 20 heavy (non-hydrogen) atoms. The van der Waals surface area contributed by atoms with Crippen LogP contribution in [0.5, 0.6) is 0 Å². The third-order valence-corrected chi connectivity index (χ3v) is 3.26. The van der Waals surface area contributed by atoms with Gasteiger partial charge in [-0.3, -0.25) is 5.10 Å². The minimum atomic E-state index is -5.70. The van der Waals surface area contributed by atoms with Crippen LogP contribution in [0.4, 0.5) is 27.9 Å². The second-order valence-corrected chi connectivity index (χ2v) is 4.75. The molecule has 0 aromatic carbocycles. The third-order valence-electron chi connectivity index (χ3n) is 3.26. The van der Waals surface area contributed by atoms with Gasteiger partial charge in [-0.15, -0.1) is 5.10 Å². The number of aromatic amines is 1. The van der Waals surface area contributed by atoms with Crippen LogP contribution in [0.25, 0.3) is 0 Å². The van der Waals surface area contributed by atoms with Crippen molar-refractivity contribution in [2.45, 2.75) is 24.9 Å². The Balaban J connectivity index is 2.17. The molecule has 0 aliphatic carbocycles. The van der Waals surface area contributed by atoms with E-state index in [9.17, 15) is 22.0 Å². The fraction of sp³-hybridized carbons (Fsp3) is 0.800. The van der Waals surface area contributed by atoms with Crippen LogP contribution in [0, 0.1) is 5.92 Å². The molecule has 10 heteroatoms. The van der Waals surface area contributed by atoms with Crippen LogP contribution in [0.3, 0.4) is 0 Å². The Hall–Kier alpha value is -1.45. The number of H-pyrrole nitrogens is 1. The van der Waals surface area contributed by atoms with Crippen molar-refractivity contribution in [3.8, 4) is 0 Å². The molecule has 114 valence electrons. The monoisotopic (exact) mass is 299 g/mol. The van der Waals surface area contributed by atoms with Gasteiger partial charge in [0.05, 0.1) is 0 Å². The van der Waals surface area contributed by atoms with Crippen LogP contribution in [0.15, 0.2) is 0 Å². The van der Waals surface area contributed by atoms with Gasteiger partial charge >= 0.3 is 12.1 Å². The summed E-state index contributed by atoms with van der Waals surface area (Å²) in [5, 5.41) is 5.14. The normalized spacial score (nSPS) is 21.3. The summed E-state index contributed by atoms with van der Waals surface area (Å²) in [5.74, 6) is -6.52. The number of hydrogen-bond acceptors (Lipinski definition) is 4. The van der Waals surface area contributed by atoms with Crippen molar-refractivity contribution >= 4 is 5.95 Å². The highest BCUT2D eigenvalue weighted by atomic mass is 19.4. The van der Waals surface area contributed by atoms with Crippen molar-refractivity contribution in [3.05, 3.63) is 5.82 Å². The molecule has 2 rings (SSSR count). The van der Waals surface area contributed by atoms with E-state index in [0.29, 0.717) is 19.6 Å². The van der Waals surface area contributed by atoms with Gasteiger partial charge in [0, 0.05) is 13.1 Å². The molecule has 1 aromatic heterocycles. The lowest BCUT2D eigenvalue weighted by atomic mass is 9.99. The van der Waals surface area contributed by atoms with Crippen molar-refractivity contribution in [2.75, 3.05) is 24.5 Å². The highest BCUT2D eigenvalue weighted by Gasteiger charge is 2.61. The van der Waals surface area contributed by atoms with Gasteiger partial charge < -0.3 is 10.6 Å². The van der Waals surface area contributed by atoms with E-state index in [2.05, 4.69) is 10.1 Å². The molecule has 1 atom stereocenters. The number of alkyl halides is 5. The molecule has 0 spiro atoms. The van der Waals surface area contributed by atoms with Crippen LogP contribution >= 0.6 is 0 Å². The number of nitrogens with two attached hydrogens (primary N) is 1. The highest BCUT2D eigenvalue weighted by molar-refractivity contribution is 5.30. The quantitative estimate of drug-likeness (QED) is 0.832. The summed E-state index contributed by atoms with van der Waals surface area (Å²) in [6.45, 7) is 1.38. The molecular formula is C10H14F5N5. The zero-order valence-electron chi connectivity index (χ0n) is 10.4. The SMILES string of the molecule is NCC1CCCN(c2n[nH]c(C(F)(F)C(F)(F)F)n2)C1. The number of nitrogens with one attached hydrogen (secondary N) is 1. The Bertz CT molecular complexity index is 457. The first-order valence-corrected chi connectivity index (χ1v) is 6.08. The van der Waals surface area contributed by atoms with Gasteiger partial charge in [0.1, 0.15) is 0 Å². The Kier molecular flexibility index (Phi) is 3.85. The van der Waals surface area contributed by atoms with Crippen molar-refractivity contribution in [1.29, 1.82) is 0 Å². The zero-order chi connectivity index (χ0) is 15.0. The van der Waals surface area contributed by atoms with Crippen LogP contribution in [-0.2, 0) is 5.92 Å². The fourth-order valence-electron chi connectivity index (χ4n) is 2.11. The first-order chi connectivity index (χ1) is 9.25. The number of hydrogen-bond donors (Lipinski definition) is 2. The number of halogens is 5. The van der Waals surface area contributed by atoms with Gasteiger partial charge in [-0.2, -0.15) is 26.9 Å². The maximum Gasteiger partial charge on any atom is 0.461 e. The molecule has 3 N–H and O–H groups in total. The topological polar surface area (TPSA) is 70.8 Å². The highest BCUT2D eigenvalue weighted by Crippen LogP contribution is 2.42. The van der Waals surface area contributed by atoms with Crippen LogP contribution in [-0.4, -0.2) is 41.0 Å².